The summed E-state index contributed by atoms with van der Waals surface area (Å²) < 4.78 is 2.11. The molecule has 118 valence electrons. The summed E-state index contributed by atoms with van der Waals surface area (Å²) in [5.41, 5.74) is 0.738. The highest BCUT2D eigenvalue weighted by molar-refractivity contribution is 9.10. The zero-order chi connectivity index (χ0) is 15.1. The number of rotatable bonds is 7. The van der Waals surface area contributed by atoms with Crippen LogP contribution in [0.25, 0.3) is 0 Å². The summed E-state index contributed by atoms with van der Waals surface area (Å²) in [6.45, 7) is 6.94. The summed E-state index contributed by atoms with van der Waals surface area (Å²) in [5.74, 6) is 2.44. The molecule has 0 aliphatic carbocycles. The Morgan fingerprint density at radius 3 is 2.86 bits per heavy atom. The van der Waals surface area contributed by atoms with Gasteiger partial charge in [-0.1, -0.05) is 13.3 Å². The monoisotopic (exact) mass is 374 g/mol. The summed E-state index contributed by atoms with van der Waals surface area (Å²) >= 11 is 5.41. The van der Waals surface area contributed by atoms with Gasteiger partial charge < -0.3 is 5.32 Å². The molecule has 2 rings (SSSR count). The van der Waals surface area contributed by atoms with Crippen molar-refractivity contribution in [1.82, 2.24) is 14.7 Å². The number of thioether (sulfide) groups is 1. The maximum Gasteiger partial charge on any atom is 0.283 e. The van der Waals surface area contributed by atoms with Crippen molar-refractivity contribution in [3.05, 3.63) is 21.0 Å². The molecule has 21 heavy (non-hydrogen) atoms. The van der Waals surface area contributed by atoms with Gasteiger partial charge in [0.05, 0.1) is 11.9 Å². The molecule has 1 fully saturated rings. The predicted molar refractivity (Wildman–Crippen MR) is 93.4 cm³/mol. The van der Waals surface area contributed by atoms with Crippen molar-refractivity contribution in [2.75, 3.05) is 43.0 Å². The highest BCUT2D eigenvalue weighted by atomic mass is 79.9. The number of anilines is 1. The van der Waals surface area contributed by atoms with Crippen molar-refractivity contribution in [2.45, 2.75) is 26.3 Å². The molecule has 0 spiro atoms. The molecule has 1 saturated heterocycles. The average molecular weight is 375 g/mol. The fourth-order valence-corrected chi connectivity index (χ4v) is 3.65. The van der Waals surface area contributed by atoms with Crippen LogP contribution in [0.1, 0.15) is 19.8 Å². The van der Waals surface area contributed by atoms with E-state index in [0.717, 1.165) is 44.7 Å². The lowest BCUT2D eigenvalue weighted by molar-refractivity contribution is 0.314. The van der Waals surface area contributed by atoms with Crippen molar-refractivity contribution < 1.29 is 0 Å². The number of nitrogens with zero attached hydrogens (tertiary/aromatic N) is 3. The number of aryl methyl sites for hydroxylation is 1. The molecule has 0 radical (unpaired) electrons. The van der Waals surface area contributed by atoms with E-state index in [1.54, 1.807) is 6.20 Å². The second-order valence-corrected chi connectivity index (χ2v) is 7.15. The summed E-state index contributed by atoms with van der Waals surface area (Å²) in [5, 5.41) is 7.55. The summed E-state index contributed by atoms with van der Waals surface area (Å²) in [4.78, 5) is 14.6. The lowest BCUT2D eigenvalue weighted by Crippen LogP contribution is -2.36. The third-order valence-electron chi connectivity index (χ3n) is 3.56. The van der Waals surface area contributed by atoms with Crippen LogP contribution in [0.2, 0.25) is 0 Å². The molecule has 7 heteroatoms. The van der Waals surface area contributed by atoms with E-state index < -0.39 is 0 Å². The Morgan fingerprint density at radius 2 is 2.14 bits per heavy atom. The standard InChI is InChI=1S/C14H23BrN4OS/c1-2-3-5-19-14(20)13(15)12(11-17-19)16-4-6-18-7-9-21-10-8-18/h11,16H,2-10H2,1H3. The minimum Gasteiger partial charge on any atom is -0.381 e. The third kappa shape index (κ3) is 5.00. The molecule has 0 unspecified atom stereocenters. The molecule has 1 aromatic heterocycles. The van der Waals surface area contributed by atoms with Gasteiger partial charge in [-0.25, -0.2) is 4.68 Å². The van der Waals surface area contributed by atoms with E-state index >= 15 is 0 Å². The fourth-order valence-electron chi connectivity index (χ4n) is 2.23. The van der Waals surface area contributed by atoms with Gasteiger partial charge in [0.25, 0.3) is 5.56 Å². The fraction of sp³-hybridized carbons (Fsp3) is 0.714. The average Bonchev–Trinajstić information content (AvgIpc) is 2.52. The number of unbranched alkanes of at least 4 members (excludes halogenated alkanes) is 1. The number of halogens is 1. The summed E-state index contributed by atoms with van der Waals surface area (Å²) in [6, 6.07) is 0. The van der Waals surface area contributed by atoms with Gasteiger partial charge in [0.2, 0.25) is 0 Å². The molecule has 0 saturated carbocycles. The topological polar surface area (TPSA) is 50.2 Å². The van der Waals surface area contributed by atoms with E-state index in [0.29, 0.717) is 11.0 Å². The molecule has 0 atom stereocenters. The first kappa shape index (κ1) is 16.8. The highest BCUT2D eigenvalue weighted by Crippen LogP contribution is 2.16. The van der Waals surface area contributed by atoms with Crippen LogP contribution in [-0.2, 0) is 6.54 Å². The Morgan fingerprint density at radius 1 is 1.38 bits per heavy atom. The first-order valence-electron chi connectivity index (χ1n) is 7.52. The van der Waals surface area contributed by atoms with Crippen LogP contribution < -0.4 is 10.9 Å². The van der Waals surface area contributed by atoms with Crippen LogP contribution in [0.4, 0.5) is 5.69 Å². The minimum atomic E-state index is -0.0529. The van der Waals surface area contributed by atoms with E-state index in [4.69, 9.17) is 0 Å². The van der Waals surface area contributed by atoms with E-state index in [1.807, 2.05) is 11.8 Å². The van der Waals surface area contributed by atoms with Crippen LogP contribution in [-0.4, -0.2) is 52.4 Å². The summed E-state index contributed by atoms with van der Waals surface area (Å²) in [7, 11) is 0. The van der Waals surface area contributed by atoms with Crippen molar-refractivity contribution in [2.24, 2.45) is 0 Å². The number of nitrogens with one attached hydrogen (secondary N) is 1. The van der Waals surface area contributed by atoms with Gasteiger partial charge in [-0.3, -0.25) is 9.69 Å². The second kappa shape index (κ2) is 8.80. The molecule has 0 bridgehead atoms. The predicted octanol–water partition coefficient (Wildman–Crippen LogP) is 2.27. The van der Waals surface area contributed by atoms with Crippen LogP contribution in [0.3, 0.4) is 0 Å². The first-order valence-corrected chi connectivity index (χ1v) is 9.46. The molecular formula is C14H23BrN4OS. The molecule has 1 aliphatic heterocycles. The van der Waals surface area contributed by atoms with E-state index in [-0.39, 0.29) is 5.56 Å². The Labute approximate surface area is 138 Å². The quantitative estimate of drug-likeness (QED) is 0.793. The molecule has 0 aromatic carbocycles. The maximum atomic E-state index is 12.2. The zero-order valence-electron chi connectivity index (χ0n) is 12.5. The molecule has 2 heterocycles. The zero-order valence-corrected chi connectivity index (χ0v) is 14.9. The molecule has 1 N–H and O–H groups in total. The molecule has 5 nitrogen and oxygen atoms in total. The minimum absolute atomic E-state index is 0.0529. The van der Waals surface area contributed by atoms with Gasteiger partial charge in [-0.2, -0.15) is 16.9 Å². The largest absolute Gasteiger partial charge is 0.381 e. The van der Waals surface area contributed by atoms with Gasteiger partial charge in [-0.05, 0) is 22.4 Å². The van der Waals surface area contributed by atoms with Crippen LogP contribution in [0.15, 0.2) is 15.5 Å². The van der Waals surface area contributed by atoms with E-state index in [1.165, 1.54) is 16.2 Å². The van der Waals surface area contributed by atoms with Gasteiger partial charge in [-0.15, -0.1) is 0 Å². The molecule has 0 amide bonds. The summed E-state index contributed by atoms with van der Waals surface area (Å²) in [6.07, 6.45) is 3.77. The lowest BCUT2D eigenvalue weighted by Gasteiger charge is -2.26. The van der Waals surface area contributed by atoms with Crippen molar-refractivity contribution in [3.8, 4) is 0 Å². The number of aromatic nitrogens is 2. The Balaban J connectivity index is 1.88. The van der Waals surface area contributed by atoms with Gasteiger partial charge >= 0.3 is 0 Å². The Bertz CT molecular complexity index is 502. The normalized spacial score (nSPS) is 16.1. The molecule has 1 aromatic rings. The lowest BCUT2D eigenvalue weighted by atomic mass is 10.3. The van der Waals surface area contributed by atoms with Crippen molar-refractivity contribution in [3.63, 3.8) is 0 Å². The van der Waals surface area contributed by atoms with Gasteiger partial charge in [0.15, 0.2) is 0 Å². The highest BCUT2D eigenvalue weighted by Gasteiger charge is 2.11. The van der Waals surface area contributed by atoms with Gasteiger partial charge in [0, 0.05) is 44.2 Å². The Hall–Kier alpha value is -0.530. The van der Waals surface area contributed by atoms with E-state index in [9.17, 15) is 4.79 Å². The Kier molecular flexibility index (Phi) is 7.06. The van der Waals surface area contributed by atoms with Crippen molar-refractivity contribution >= 4 is 33.4 Å². The third-order valence-corrected chi connectivity index (χ3v) is 5.26. The number of hydrogen-bond donors (Lipinski definition) is 1. The molecule has 1 aliphatic rings. The smallest absolute Gasteiger partial charge is 0.283 e. The van der Waals surface area contributed by atoms with Gasteiger partial charge in [0.1, 0.15) is 4.47 Å². The number of hydrogen-bond acceptors (Lipinski definition) is 5. The van der Waals surface area contributed by atoms with Crippen LogP contribution in [0.5, 0.6) is 0 Å². The van der Waals surface area contributed by atoms with Crippen LogP contribution in [0, 0.1) is 0 Å². The van der Waals surface area contributed by atoms with E-state index in [2.05, 4.69) is 38.2 Å². The van der Waals surface area contributed by atoms with Crippen LogP contribution >= 0.6 is 27.7 Å². The SMILES string of the molecule is CCCCn1ncc(NCCN2CCSCC2)c(Br)c1=O. The molecular weight excluding hydrogens is 352 g/mol. The first-order chi connectivity index (χ1) is 10.2. The van der Waals surface area contributed by atoms with Crippen molar-refractivity contribution in [1.29, 1.82) is 0 Å². The second-order valence-electron chi connectivity index (χ2n) is 5.13. The maximum absolute atomic E-state index is 12.2.